The van der Waals surface area contributed by atoms with Crippen LogP contribution in [0, 0.1) is 0 Å². The van der Waals surface area contributed by atoms with Crippen molar-refractivity contribution in [3.63, 3.8) is 0 Å². The molecule has 1 nitrogen and oxygen atoms in total. The Morgan fingerprint density at radius 2 is 1.62 bits per heavy atom. The van der Waals surface area contributed by atoms with Gasteiger partial charge in [-0.25, -0.2) is 0 Å². The molecule has 0 aromatic heterocycles. The van der Waals surface area contributed by atoms with Crippen molar-refractivity contribution in [1.82, 2.24) is 0 Å². The number of hydrogen-bond acceptors (Lipinski definition) is 1. The fourth-order valence-electron chi connectivity index (χ4n) is 3.19. The monoisotopic (exact) mass is 293 g/mol. The summed E-state index contributed by atoms with van der Waals surface area (Å²) in [4.78, 5) is 0. The molecule has 3 aromatic rings. The van der Waals surface area contributed by atoms with Gasteiger partial charge < -0.3 is 5.73 Å². The van der Waals surface area contributed by atoms with Crippen LogP contribution in [0.5, 0.6) is 0 Å². The van der Waals surface area contributed by atoms with Gasteiger partial charge in [0.1, 0.15) is 0 Å². The van der Waals surface area contributed by atoms with E-state index in [-0.39, 0.29) is 5.54 Å². The van der Waals surface area contributed by atoms with Crippen LogP contribution < -0.4 is 5.73 Å². The van der Waals surface area contributed by atoms with Crippen molar-refractivity contribution in [1.29, 1.82) is 0 Å². The van der Waals surface area contributed by atoms with E-state index >= 15 is 0 Å². The van der Waals surface area contributed by atoms with Gasteiger partial charge in [0.25, 0.3) is 0 Å². The second-order valence-corrected chi connectivity index (χ2v) is 6.35. The van der Waals surface area contributed by atoms with E-state index in [4.69, 9.17) is 17.3 Å². The Labute approximate surface area is 129 Å². The molecule has 0 radical (unpaired) electrons. The molecule has 2 atom stereocenters. The van der Waals surface area contributed by atoms with E-state index in [1.807, 2.05) is 12.1 Å². The lowest BCUT2D eigenvalue weighted by atomic mass is 9.97. The zero-order valence-corrected chi connectivity index (χ0v) is 12.3. The Morgan fingerprint density at radius 1 is 0.905 bits per heavy atom. The fourth-order valence-corrected chi connectivity index (χ4v) is 3.31. The van der Waals surface area contributed by atoms with Crippen LogP contribution in [0.4, 0.5) is 0 Å². The maximum atomic E-state index is 6.64. The molecule has 1 aliphatic carbocycles. The third-order valence-corrected chi connectivity index (χ3v) is 4.81. The average molecular weight is 294 g/mol. The van der Waals surface area contributed by atoms with E-state index in [1.165, 1.54) is 21.9 Å². The first-order chi connectivity index (χ1) is 10.2. The standard InChI is InChI=1S/C19H16ClN/c20-17-9-6-14(7-10-17)18-12-19(18,21)16-8-5-13-3-1-2-4-15(13)11-16/h1-11,18H,12,21H2/t18-,19-/m1/s1. The highest BCUT2D eigenvalue weighted by Crippen LogP contribution is 2.56. The lowest BCUT2D eigenvalue weighted by Crippen LogP contribution is -2.21. The molecule has 3 aromatic carbocycles. The summed E-state index contributed by atoms with van der Waals surface area (Å²) in [5.74, 6) is 0.385. The van der Waals surface area contributed by atoms with Crippen LogP contribution in [0.25, 0.3) is 10.8 Å². The number of hydrogen-bond donors (Lipinski definition) is 1. The highest BCUT2D eigenvalue weighted by atomic mass is 35.5. The lowest BCUT2D eigenvalue weighted by Gasteiger charge is -2.13. The van der Waals surface area contributed by atoms with Gasteiger partial charge in [0, 0.05) is 16.5 Å². The van der Waals surface area contributed by atoms with Gasteiger partial charge in [0.15, 0.2) is 0 Å². The normalized spacial score (nSPS) is 24.2. The number of nitrogens with two attached hydrogens (primary N) is 1. The fraction of sp³-hybridized carbons (Fsp3) is 0.158. The minimum absolute atomic E-state index is 0.238. The van der Waals surface area contributed by atoms with Gasteiger partial charge in [-0.1, -0.05) is 60.1 Å². The Hall–Kier alpha value is -1.83. The van der Waals surface area contributed by atoms with Gasteiger partial charge >= 0.3 is 0 Å². The third-order valence-electron chi connectivity index (χ3n) is 4.56. The average Bonchev–Trinajstić information content (AvgIpc) is 3.21. The van der Waals surface area contributed by atoms with Gasteiger partial charge in [-0.15, -0.1) is 0 Å². The number of fused-ring (bicyclic) bond motifs is 1. The smallest absolute Gasteiger partial charge is 0.0486 e. The van der Waals surface area contributed by atoms with Crippen LogP contribution >= 0.6 is 11.6 Å². The molecule has 1 saturated carbocycles. The number of halogens is 1. The Balaban J connectivity index is 1.70. The first-order valence-corrected chi connectivity index (χ1v) is 7.58. The van der Waals surface area contributed by atoms with E-state index in [0.717, 1.165) is 11.4 Å². The zero-order chi connectivity index (χ0) is 14.4. The molecule has 0 bridgehead atoms. The molecule has 21 heavy (non-hydrogen) atoms. The van der Waals surface area contributed by atoms with Crippen LogP contribution in [0.2, 0.25) is 5.02 Å². The van der Waals surface area contributed by atoms with Crippen molar-refractivity contribution in [3.05, 3.63) is 82.9 Å². The van der Waals surface area contributed by atoms with E-state index in [2.05, 4.69) is 54.6 Å². The van der Waals surface area contributed by atoms with Crippen molar-refractivity contribution >= 4 is 22.4 Å². The molecular formula is C19H16ClN. The van der Waals surface area contributed by atoms with E-state index in [0.29, 0.717) is 5.92 Å². The van der Waals surface area contributed by atoms with E-state index in [9.17, 15) is 0 Å². The minimum Gasteiger partial charge on any atom is -0.321 e. The van der Waals surface area contributed by atoms with Gasteiger partial charge in [-0.3, -0.25) is 0 Å². The van der Waals surface area contributed by atoms with Crippen molar-refractivity contribution in [2.24, 2.45) is 5.73 Å². The Bertz CT molecular complexity index is 809. The summed E-state index contributed by atoms with van der Waals surface area (Å²) in [5, 5.41) is 3.28. The molecule has 1 aliphatic rings. The van der Waals surface area contributed by atoms with Crippen LogP contribution in [0.3, 0.4) is 0 Å². The molecular weight excluding hydrogens is 278 g/mol. The third kappa shape index (κ3) is 2.14. The molecule has 0 amide bonds. The molecule has 4 rings (SSSR count). The maximum Gasteiger partial charge on any atom is 0.0486 e. The van der Waals surface area contributed by atoms with Crippen LogP contribution in [0.1, 0.15) is 23.5 Å². The van der Waals surface area contributed by atoms with E-state index < -0.39 is 0 Å². The molecule has 0 unspecified atom stereocenters. The topological polar surface area (TPSA) is 26.0 Å². The molecule has 0 aliphatic heterocycles. The van der Waals surface area contributed by atoms with Gasteiger partial charge in [0.2, 0.25) is 0 Å². The Morgan fingerprint density at radius 3 is 2.38 bits per heavy atom. The van der Waals surface area contributed by atoms with Gasteiger partial charge in [-0.05, 0) is 46.5 Å². The van der Waals surface area contributed by atoms with Crippen molar-refractivity contribution < 1.29 is 0 Å². The quantitative estimate of drug-likeness (QED) is 0.719. The van der Waals surface area contributed by atoms with Gasteiger partial charge in [0.05, 0.1) is 0 Å². The SMILES string of the molecule is N[C@@]1(c2ccc3ccccc3c2)C[C@@H]1c1ccc(Cl)cc1. The molecule has 104 valence electrons. The molecule has 0 saturated heterocycles. The predicted molar refractivity (Wildman–Crippen MR) is 88.6 cm³/mol. The number of rotatable bonds is 2. The van der Waals surface area contributed by atoms with Crippen LogP contribution in [-0.2, 0) is 5.54 Å². The maximum absolute atomic E-state index is 6.64. The first-order valence-electron chi connectivity index (χ1n) is 7.20. The highest BCUT2D eigenvalue weighted by molar-refractivity contribution is 6.30. The Kier molecular flexibility index (Phi) is 2.81. The van der Waals surface area contributed by atoms with E-state index in [1.54, 1.807) is 0 Å². The largest absolute Gasteiger partial charge is 0.321 e. The molecule has 2 N–H and O–H groups in total. The predicted octanol–water partition coefficient (Wildman–Crippen LogP) is 4.83. The van der Waals surface area contributed by atoms with Crippen molar-refractivity contribution in [3.8, 4) is 0 Å². The molecule has 0 spiro atoms. The van der Waals surface area contributed by atoms with Crippen molar-refractivity contribution in [2.75, 3.05) is 0 Å². The summed E-state index contributed by atoms with van der Waals surface area (Å²) in [5.41, 5.74) is 8.90. The summed E-state index contributed by atoms with van der Waals surface area (Å²) in [6.07, 6.45) is 0.993. The second kappa shape index (κ2) is 4.59. The minimum atomic E-state index is -0.238. The summed E-state index contributed by atoms with van der Waals surface area (Å²) in [6.45, 7) is 0. The van der Waals surface area contributed by atoms with Crippen LogP contribution in [-0.4, -0.2) is 0 Å². The highest BCUT2D eigenvalue weighted by Gasteiger charge is 2.52. The first kappa shape index (κ1) is 12.9. The number of benzene rings is 3. The lowest BCUT2D eigenvalue weighted by molar-refractivity contribution is 0.707. The molecule has 1 fully saturated rings. The summed E-state index contributed by atoms with van der Waals surface area (Å²) in [7, 11) is 0. The summed E-state index contributed by atoms with van der Waals surface area (Å²) >= 11 is 5.96. The van der Waals surface area contributed by atoms with Crippen LogP contribution in [0.15, 0.2) is 66.7 Å². The summed E-state index contributed by atoms with van der Waals surface area (Å²) in [6, 6.07) is 23.0. The van der Waals surface area contributed by atoms with Gasteiger partial charge in [-0.2, -0.15) is 0 Å². The van der Waals surface area contributed by atoms with Crippen molar-refractivity contribution in [2.45, 2.75) is 17.9 Å². The second-order valence-electron chi connectivity index (χ2n) is 5.91. The summed E-state index contributed by atoms with van der Waals surface area (Å²) < 4.78 is 0. The molecule has 2 heteroatoms. The molecule has 0 heterocycles. The zero-order valence-electron chi connectivity index (χ0n) is 11.6.